The maximum absolute atomic E-state index is 12.9. The molecule has 0 fully saturated rings. The number of hydrogen-bond acceptors (Lipinski definition) is 5. The highest BCUT2D eigenvalue weighted by Gasteiger charge is 2.17. The number of ether oxygens (including phenoxy) is 3. The van der Waals surface area contributed by atoms with Crippen LogP contribution in [0.25, 0.3) is 0 Å². The van der Waals surface area contributed by atoms with Crippen LogP contribution in [0.3, 0.4) is 0 Å². The first kappa shape index (κ1) is 65.9. The number of unbranched alkanes of at least 4 members (excludes halogenated alkanes) is 37. The molecule has 68 heavy (non-hydrogen) atoms. The van der Waals surface area contributed by atoms with E-state index in [-0.39, 0.29) is 25.2 Å². The number of hydrogen-bond donors (Lipinski definition) is 0. The Morgan fingerprint density at radius 2 is 0.618 bits per heavy atom. The van der Waals surface area contributed by atoms with E-state index in [1.54, 1.807) is 0 Å². The highest BCUT2D eigenvalue weighted by molar-refractivity contribution is 5.70. The van der Waals surface area contributed by atoms with Crippen LogP contribution in [0, 0.1) is 0 Å². The van der Waals surface area contributed by atoms with Crippen LogP contribution in [0.15, 0.2) is 48.6 Å². The SMILES string of the molecule is CCCCC/C=C\C/C=C\C/C=C\CCCCCCCCCOCC(COC(=O)CCCCCCCCCCCCCCCCCCC)OC(=O)CCCCCCC/C=C\CCCCCCCC. The fourth-order valence-corrected chi connectivity index (χ4v) is 8.81. The standard InChI is InChI=1S/C63H116O5/c1-4-7-10-13-16-19-22-25-28-30-31-32-34-37-40-43-46-49-52-55-58-66-59-61(68-63(65)57-54-51-48-45-42-39-35-27-24-21-18-15-12-9-6-3)60-67-62(64)56-53-50-47-44-41-38-36-33-29-26-23-20-17-14-11-8-5-2/h16,19,25,27-28,31-32,35,61H,4-15,17-18,20-24,26,29-30,33-34,36-60H2,1-3H3/b19-16-,28-25-,32-31-,35-27-. The second-order valence-electron chi connectivity index (χ2n) is 20.3. The highest BCUT2D eigenvalue weighted by Crippen LogP contribution is 2.16. The molecule has 0 aliphatic rings. The minimum absolute atomic E-state index is 0.0820. The van der Waals surface area contributed by atoms with Crippen LogP contribution in [-0.2, 0) is 23.8 Å². The first-order chi connectivity index (χ1) is 33.6. The molecule has 0 radical (unpaired) electrons. The number of allylic oxidation sites excluding steroid dienone is 8. The van der Waals surface area contributed by atoms with E-state index < -0.39 is 6.10 Å². The smallest absolute Gasteiger partial charge is 0.306 e. The first-order valence-corrected chi connectivity index (χ1v) is 30.2. The molecule has 0 saturated heterocycles. The number of rotatable bonds is 56. The fourth-order valence-electron chi connectivity index (χ4n) is 8.81. The normalized spacial score (nSPS) is 12.5. The van der Waals surface area contributed by atoms with E-state index in [9.17, 15) is 9.59 Å². The number of carbonyl (C=O) groups excluding carboxylic acids is 2. The molecule has 1 atom stereocenters. The Hall–Kier alpha value is -2.14. The van der Waals surface area contributed by atoms with Crippen LogP contribution in [0.4, 0.5) is 0 Å². The van der Waals surface area contributed by atoms with Crippen molar-refractivity contribution in [2.75, 3.05) is 19.8 Å². The first-order valence-electron chi connectivity index (χ1n) is 30.2. The van der Waals surface area contributed by atoms with E-state index in [0.29, 0.717) is 19.4 Å². The summed E-state index contributed by atoms with van der Waals surface area (Å²) in [4.78, 5) is 25.5. The second-order valence-corrected chi connectivity index (χ2v) is 20.3. The third kappa shape index (κ3) is 56.4. The number of esters is 2. The zero-order chi connectivity index (χ0) is 49.2. The molecule has 0 aliphatic heterocycles. The highest BCUT2D eigenvalue weighted by atomic mass is 16.6. The van der Waals surface area contributed by atoms with Crippen molar-refractivity contribution < 1.29 is 23.8 Å². The van der Waals surface area contributed by atoms with Gasteiger partial charge in [0.2, 0.25) is 0 Å². The van der Waals surface area contributed by atoms with Crippen LogP contribution < -0.4 is 0 Å². The molecule has 1 unspecified atom stereocenters. The van der Waals surface area contributed by atoms with Crippen molar-refractivity contribution in [2.24, 2.45) is 0 Å². The van der Waals surface area contributed by atoms with Crippen molar-refractivity contribution in [3.05, 3.63) is 48.6 Å². The molecule has 0 aromatic rings. The van der Waals surface area contributed by atoms with Crippen molar-refractivity contribution >= 4 is 11.9 Å². The Kier molecular flexibility index (Phi) is 57.3. The Bertz CT molecular complexity index is 1120. The summed E-state index contributed by atoms with van der Waals surface area (Å²) in [5, 5.41) is 0. The number of carbonyl (C=O) groups is 2. The van der Waals surface area contributed by atoms with E-state index >= 15 is 0 Å². The minimum Gasteiger partial charge on any atom is -0.462 e. The molecule has 0 bridgehead atoms. The summed E-state index contributed by atoms with van der Waals surface area (Å²) in [5.74, 6) is -0.395. The summed E-state index contributed by atoms with van der Waals surface area (Å²) in [6, 6.07) is 0. The van der Waals surface area contributed by atoms with Crippen molar-refractivity contribution in [1.29, 1.82) is 0 Å². The topological polar surface area (TPSA) is 61.8 Å². The van der Waals surface area contributed by atoms with E-state index in [0.717, 1.165) is 64.2 Å². The predicted molar refractivity (Wildman–Crippen MR) is 298 cm³/mol. The van der Waals surface area contributed by atoms with E-state index in [2.05, 4.69) is 69.4 Å². The van der Waals surface area contributed by atoms with Crippen molar-refractivity contribution in [2.45, 2.75) is 322 Å². The Morgan fingerprint density at radius 1 is 0.324 bits per heavy atom. The lowest BCUT2D eigenvalue weighted by atomic mass is 10.0. The summed E-state index contributed by atoms with van der Waals surface area (Å²) in [6.45, 7) is 7.82. The van der Waals surface area contributed by atoms with Crippen molar-refractivity contribution in [3.63, 3.8) is 0 Å². The van der Waals surface area contributed by atoms with Gasteiger partial charge in [-0.1, -0.05) is 268 Å². The van der Waals surface area contributed by atoms with Gasteiger partial charge in [-0.3, -0.25) is 9.59 Å². The second kappa shape index (κ2) is 59.2. The van der Waals surface area contributed by atoms with Crippen LogP contribution in [0.5, 0.6) is 0 Å². The zero-order valence-corrected chi connectivity index (χ0v) is 45.9. The van der Waals surface area contributed by atoms with Crippen molar-refractivity contribution in [3.8, 4) is 0 Å². The molecular weight excluding hydrogens is 837 g/mol. The molecule has 398 valence electrons. The zero-order valence-electron chi connectivity index (χ0n) is 45.9. The summed E-state index contributed by atoms with van der Waals surface area (Å²) < 4.78 is 17.5. The molecule has 5 heteroatoms. The molecule has 0 aliphatic carbocycles. The summed E-state index contributed by atoms with van der Waals surface area (Å²) >= 11 is 0. The van der Waals surface area contributed by atoms with Gasteiger partial charge >= 0.3 is 11.9 Å². The third-order valence-corrected chi connectivity index (χ3v) is 13.3. The molecule has 0 rings (SSSR count). The molecule has 0 N–H and O–H groups in total. The molecule has 5 nitrogen and oxygen atoms in total. The average Bonchev–Trinajstić information content (AvgIpc) is 3.34. The quantitative estimate of drug-likeness (QED) is 0.0345. The van der Waals surface area contributed by atoms with Crippen LogP contribution in [0.1, 0.15) is 316 Å². The minimum atomic E-state index is -0.544. The lowest BCUT2D eigenvalue weighted by molar-refractivity contribution is -0.163. The Labute approximate surface area is 424 Å². The van der Waals surface area contributed by atoms with Gasteiger partial charge in [0, 0.05) is 19.4 Å². The van der Waals surface area contributed by atoms with Crippen molar-refractivity contribution in [1.82, 2.24) is 0 Å². The lowest BCUT2D eigenvalue weighted by Gasteiger charge is -2.18. The van der Waals surface area contributed by atoms with Gasteiger partial charge in [0.15, 0.2) is 6.10 Å². The molecule has 0 aromatic carbocycles. The largest absolute Gasteiger partial charge is 0.462 e. The fraction of sp³-hybridized carbons (Fsp3) is 0.841. The summed E-state index contributed by atoms with van der Waals surface area (Å²) in [6.07, 6.45) is 74.2. The maximum atomic E-state index is 12.9. The van der Waals surface area contributed by atoms with Gasteiger partial charge in [0.1, 0.15) is 6.61 Å². The van der Waals surface area contributed by atoms with Gasteiger partial charge in [-0.05, 0) is 83.5 Å². The molecule has 0 spiro atoms. The summed E-state index contributed by atoms with van der Waals surface area (Å²) in [7, 11) is 0. The van der Waals surface area contributed by atoms with E-state index in [1.807, 2.05) is 0 Å². The van der Waals surface area contributed by atoms with Crippen LogP contribution >= 0.6 is 0 Å². The lowest BCUT2D eigenvalue weighted by Crippen LogP contribution is -2.30. The maximum Gasteiger partial charge on any atom is 0.306 e. The molecular formula is C63H116O5. The van der Waals surface area contributed by atoms with Gasteiger partial charge in [0.05, 0.1) is 6.61 Å². The van der Waals surface area contributed by atoms with Crippen LogP contribution in [-0.4, -0.2) is 37.9 Å². The van der Waals surface area contributed by atoms with Gasteiger partial charge < -0.3 is 14.2 Å². The molecule has 0 aromatic heterocycles. The third-order valence-electron chi connectivity index (χ3n) is 13.3. The summed E-state index contributed by atoms with van der Waals surface area (Å²) in [5.41, 5.74) is 0. The predicted octanol–water partition coefficient (Wildman–Crippen LogP) is 20.7. The van der Waals surface area contributed by atoms with E-state index in [4.69, 9.17) is 14.2 Å². The van der Waals surface area contributed by atoms with E-state index in [1.165, 1.54) is 218 Å². The van der Waals surface area contributed by atoms with Gasteiger partial charge in [-0.2, -0.15) is 0 Å². The van der Waals surface area contributed by atoms with Gasteiger partial charge in [-0.25, -0.2) is 0 Å². The molecule has 0 amide bonds. The van der Waals surface area contributed by atoms with Crippen LogP contribution in [0.2, 0.25) is 0 Å². The van der Waals surface area contributed by atoms with Gasteiger partial charge in [0.25, 0.3) is 0 Å². The Morgan fingerprint density at radius 3 is 1.03 bits per heavy atom. The Balaban J connectivity index is 4.26. The molecule has 0 heterocycles. The van der Waals surface area contributed by atoms with Gasteiger partial charge in [-0.15, -0.1) is 0 Å². The average molecular weight is 954 g/mol. The monoisotopic (exact) mass is 953 g/mol. The molecule has 0 saturated carbocycles.